The molecule has 3 rings (SSSR count). The number of hydrogen-bond donors (Lipinski definition) is 0. The second kappa shape index (κ2) is 10.2. The van der Waals surface area contributed by atoms with E-state index in [1.807, 2.05) is 34.9 Å². The maximum Gasteiger partial charge on any atom is 0.279 e. The van der Waals surface area contributed by atoms with Gasteiger partial charge in [-0.05, 0) is 42.8 Å². The summed E-state index contributed by atoms with van der Waals surface area (Å²) >= 11 is 1.46. The van der Waals surface area contributed by atoms with Crippen LogP contribution in [0.1, 0.15) is 30.1 Å². The first-order valence-corrected chi connectivity index (χ1v) is 10.5. The molecule has 0 N–H and O–H groups in total. The molecule has 0 unspecified atom stereocenters. The van der Waals surface area contributed by atoms with Crippen LogP contribution in [0.5, 0.6) is 11.5 Å². The van der Waals surface area contributed by atoms with E-state index < -0.39 is 0 Å². The molecule has 3 aromatic rings. The number of para-hydroxylation sites is 1. The second-order valence-corrected chi connectivity index (χ2v) is 7.49. The van der Waals surface area contributed by atoms with Crippen LogP contribution in [0.25, 0.3) is 10.2 Å². The van der Waals surface area contributed by atoms with Crippen LogP contribution < -0.4 is 14.3 Å². The van der Waals surface area contributed by atoms with Gasteiger partial charge in [-0.15, -0.1) is 0 Å². The fraction of sp³-hybridized carbons (Fsp3) is 0.364. The molecule has 0 spiro atoms. The SMILES string of the molecule is CCCCOc1ccc(C(=O)N=c2sc3cccc(OC)c3n2CCOC)cc1. The molecule has 0 aliphatic carbocycles. The monoisotopic (exact) mass is 414 g/mol. The minimum atomic E-state index is -0.290. The highest BCUT2D eigenvalue weighted by molar-refractivity contribution is 7.16. The maximum absolute atomic E-state index is 12.8. The number of aromatic nitrogens is 1. The van der Waals surface area contributed by atoms with Gasteiger partial charge in [0.2, 0.25) is 0 Å². The van der Waals surface area contributed by atoms with Gasteiger partial charge in [0.05, 0.1) is 25.0 Å². The molecular formula is C22H26N2O4S. The molecule has 0 bridgehead atoms. The molecular weight excluding hydrogens is 388 g/mol. The number of unbranched alkanes of at least 4 members (excludes halogenated alkanes) is 1. The van der Waals surface area contributed by atoms with E-state index in [-0.39, 0.29) is 5.91 Å². The van der Waals surface area contributed by atoms with Crippen molar-refractivity contribution in [2.75, 3.05) is 27.4 Å². The van der Waals surface area contributed by atoms with Crippen LogP contribution in [0.15, 0.2) is 47.5 Å². The van der Waals surface area contributed by atoms with Crippen molar-refractivity contribution in [3.63, 3.8) is 0 Å². The molecule has 1 heterocycles. The Labute approximate surface area is 174 Å². The molecule has 0 aliphatic heterocycles. The molecule has 0 saturated carbocycles. The lowest BCUT2D eigenvalue weighted by Gasteiger charge is -2.08. The number of ether oxygens (including phenoxy) is 3. The Balaban J connectivity index is 1.93. The van der Waals surface area contributed by atoms with Crippen LogP contribution in [-0.2, 0) is 11.3 Å². The number of thiazole rings is 1. The van der Waals surface area contributed by atoms with Gasteiger partial charge in [0.1, 0.15) is 17.0 Å². The van der Waals surface area contributed by atoms with Gasteiger partial charge in [0.15, 0.2) is 4.80 Å². The van der Waals surface area contributed by atoms with Crippen molar-refractivity contribution >= 4 is 27.5 Å². The van der Waals surface area contributed by atoms with Gasteiger partial charge in [-0.3, -0.25) is 4.79 Å². The number of amides is 1. The summed E-state index contributed by atoms with van der Waals surface area (Å²) in [5, 5.41) is 0. The Hall–Kier alpha value is -2.64. The summed E-state index contributed by atoms with van der Waals surface area (Å²) in [5.74, 6) is 1.22. The molecule has 0 atom stereocenters. The van der Waals surface area contributed by atoms with Crippen LogP contribution in [0.4, 0.5) is 0 Å². The summed E-state index contributed by atoms with van der Waals surface area (Å²) in [6.45, 7) is 3.88. The predicted molar refractivity (Wildman–Crippen MR) is 115 cm³/mol. The minimum Gasteiger partial charge on any atom is -0.495 e. The average Bonchev–Trinajstić information content (AvgIpc) is 3.09. The third kappa shape index (κ3) is 5.05. The molecule has 0 radical (unpaired) electrons. The highest BCUT2D eigenvalue weighted by atomic mass is 32.1. The van der Waals surface area contributed by atoms with Gasteiger partial charge in [0, 0.05) is 19.2 Å². The van der Waals surface area contributed by atoms with Gasteiger partial charge >= 0.3 is 0 Å². The number of hydrogen-bond acceptors (Lipinski definition) is 5. The summed E-state index contributed by atoms with van der Waals surface area (Å²) < 4.78 is 19.4. The van der Waals surface area contributed by atoms with Crippen molar-refractivity contribution in [2.24, 2.45) is 4.99 Å². The van der Waals surface area contributed by atoms with Gasteiger partial charge in [-0.2, -0.15) is 4.99 Å². The zero-order valence-electron chi connectivity index (χ0n) is 17.0. The highest BCUT2D eigenvalue weighted by Crippen LogP contribution is 2.27. The van der Waals surface area contributed by atoms with E-state index in [9.17, 15) is 4.79 Å². The minimum absolute atomic E-state index is 0.290. The number of fused-ring (bicyclic) bond motifs is 1. The van der Waals surface area contributed by atoms with Crippen molar-refractivity contribution in [3.8, 4) is 11.5 Å². The van der Waals surface area contributed by atoms with Gasteiger partial charge in [-0.1, -0.05) is 30.7 Å². The van der Waals surface area contributed by atoms with E-state index in [0.29, 0.717) is 30.1 Å². The molecule has 0 fully saturated rings. The Morgan fingerprint density at radius 2 is 1.90 bits per heavy atom. The van der Waals surface area contributed by atoms with E-state index in [2.05, 4.69) is 11.9 Å². The van der Waals surface area contributed by atoms with Crippen molar-refractivity contribution < 1.29 is 19.0 Å². The van der Waals surface area contributed by atoms with Crippen molar-refractivity contribution in [1.29, 1.82) is 0 Å². The van der Waals surface area contributed by atoms with E-state index in [1.54, 1.807) is 26.4 Å². The Morgan fingerprint density at radius 3 is 2.59 bits per heavy atom. The largest absolute Gasteiger partial charge is 0.495 e. The topological polar surface area (TPSA) is 62.0 Å². The van der Waals surface area contributed by atoms with E-state index in [1.165, 1.54) is 11.3 Å². The first-order chi connectivity index (χ1) is 14.2. The number of rotatable bonds is 9. The summed E-state index contributed by atoms with van der Waals surface area (Å²) in [6.07, 6.45) is 2.09. The van der Waals surface area contributed by atoms with E-state index in [4.69, 9.17) is 14.2 Å². The lowest BCUT2D eigenvalue weighted by atomic mass is 10.2. The number of nitrogens with zero attached hydrogens (tertiary/aromatic N) is 2. The van der Waals surface area contributed by atoms with Gasteiger partial charge < -0.3 is 18.8 Å². The molecule has 1 amide bonds. The predicted octanol–water partition coefficient (Wildman–Crippen LogP) is 4.28. The van der Waals surface area contributed by atoms with Crippen LogP contribution in [0, 0.1) is 0 Å². The smallest absolute Gasteiger partial charge is 0.279 e. The molecule has 0 aliphatic rings. The van der Waals surface area contributed by atoms with Gasteiger partial charge in [-0.25, -0.2) is 0 Å². The lowest BCUT2D eigenvalue weighted by molar-refractivity contribution is 0.0997. The molecule has 0 saturated heterocycles. The van der Waals surface area contributed by atoms with Crippen molar-refractivity contribution in [3.05, 3.63) is 52.8 Å². The molecule has 29 heavy (non-hydrogen) atoms. The third-order valence-corrected chi connectivity index (χ3v) is 5.51. The number of carbonyl (C=O) groups is 1. The van der Waals surface area contributed by atoms with Gasteiger partial charge in [0.25, 0.3) is 5.91 Å². The summed E-state index contributed by atoms with van der Waals surface area (Å²) in [6, 6.07) is 13.0. The quantitative estimate of drug-likeness (QED) is 0.491. The Bertz CT molecular complexity index is 1020. The Kier molecular flexibility index (Phi) is 7.43. The normalized spacial score (nSPS) is 11.8. The Morgan fingerprint density at radius 1 is 1.10 bits per heavy atom. The first kappa shape index (κ1) is 21.1. The fourth-order valence-electron chi connectivity index (χ4n) is 2.92. The molecule has 2 aromatic carbocycles. The molecule has 6 nitrogen and oxygen atoms in total. The lowest BCUT2D eigenvalue weighted by Crippen LogP contribution is -2.19. The number of methoxy groups -OCH3 is 2. The first-order valence-electron chi connectivity index (χ1n) is 9.65. The number of carbonyl (C=O) groups excluding carboxylic acids is 1. The molecule has 7 heteroatoms. The van der Waals surface area contributed by atoms with Crippen LogP contribution in [0.2, 0.25) is 0 Å². The molecule has 154 valence electrons. The van der Waals surface area contributed by atoms with Crippen LogP contribution in [-0.4, -0.2) is 37.9 Å². The maximum atomic E-state index is 12.8. The third-order valence-electron chi connectivity index (χ3n) is 4.47. The zero-order valence-corrected chi connectivity index (χ0v) is 17.8. The summed E-state index contributed by atoms with van der Waals surface area (Å²) in [7, 11) is 3.29. The van der Waals surface area contributed by atoms with Crippen molar-refractivity contribution in [2.45, 2.75) is 26.3 Å². The van der Waals surface area contributed by atoms with Crippen molar-refractivity contribution in [1.82, 2.24) is 4.57 Å². The average molecular weight is 415 g/mol. The summed E-state index contributed by atoms with van der Waals surface area (Å²) in [4.78, 5) is 17.8. The van der Waals surface area contributed by atoms with E-state index in [0.717, 1.165) is 34.6 Å². The standard InChI is InChI=1S/C22H26N2O4S/c1-4-5-14-28-17-11-9-16(10-12-17)21(25)23-22-24(13-15-26-2)20-18(27-3)7-6-8-19(20)29-22/h6-12H,4-5,13-15H2,1-3H3. The van der Waals surface area contributed by atoms with E-state index >= 15 is 0 Å². The fourth-order valence-corrected chi connectivity index (χ4v) is 3.99. The number of benzene rings is 2. The van der Waals surface area contributed by atoms with Crippen LogP contribution >= 0.6 is 11.3 Å². The molecule has 1 aromatic heterocycles. The highest BCUT2D eigenvalue weighted by Gasteiger charge is 2.13. The summed E-state index contributed by atoms with van der Waals surface area (Å²) in [5.41, 5.74) is 1.44. The van der Waals surface area contributed by atoms with Crippen LogP contribution in [0.3, 0.4) is 0 Å². The second-order valence-electron chi connectivity index (χ2n) is 6.48. The zero-order chi connectivity index (χ0) is 20.6.